The van der Waals surface area contributed by atoms with E-state index in [1.54, 1.807) is 23.0 Å². The predicted molar refractivity (Wildman–Crippen MR) is 114 cm³/mol. The van der Waals surface area contributed by atoms with Crippen molar-refractivity contribution in [2.75, 3.05) is 11.9 Å². The number of benzene rings is 1. The van der Waals surface area contributed by atoms with E-state index in [1.165, 1.54) is 12.8 Å². The zero-order chi connectivity index (χ0) is 21.5. The lowest BCUT2D eigenvalue weighted by molar-refractivity contribution is -0.121. The van der Waals surface area contributed by atoms with E-state index in [2.05, 4.69) is 20.5 Å². The quantitative estimate of drug-likeness (QED) is 0.590. The van der Waals surface area contributed by atoms with Gasteiger partial charge in [-0.2, -0.15) is 10.2 Å². The number of rotatable bonds is 6. The van der Waals surface area contributed by atoms with Gasteiger partial charge in [0, 0.05) is 25.6 Å². The van der Waals surface area contributed by atoms with Crippen LogP contribution in [-0.4, -0.2) is 48.6 Å². The molecule has 5 rings (SSSR count). The second kappa shape index (κ2) is 7.90. The van der Waals surface area contributed by atoms with Crippen molar-refractivity contribution in [3.8, 4) is 0 Å². The highest BCUT2D eigenvalue weighted by atomic mass is 16.3. The number of aromatic nitrogens is 5. The number of carbonyl (C=O) groups excluding carboxylic acids is 1. The molecule has 3 atom stereocenters. The summed E-state index contributed by atoms with van der Waals surface area (Å²) >= 11 is 0. The standard InChI is InChI=1S/C22H27N7O2/c1-14(15-6-4-3-5-7-15)29-13-23-20(26-29)21(30)24-17-10-11-28-19(27(2)22(17)31)12-18(25-28)16-8-9-16/h3-7,12-14,16-17,21,24,30H,8-11H2,1-2H3/t14-,17-,21?/m0/s1. The molecular weight excluding hydrogens is 394 g/mol. The molecule has 0 spiro atoms. The van der Waals surface area contributed by atoms with E-state index in [0.717, 1.165) is 17.1 Å². The molecule has 1 saturated carbocycles. The van der Waals surface area contributed by atoms with Crippen molar-refractivity contribution >= 4 is 11.7 Å². The van der Waals surface area contributed by atoms with Crippen LogP contribution < -0.4 is 10.2 Å². The third-order valence-corrected chi connectivity index (χ3v) is 6.18. The molecule has 1 aromatic carbocycles. The van der Waals surface area contributed by atoms with E-state index in [-0.39, 0.29) is 17.8 Å². The number of aryl methyl sites for hydroxylation is 1. The van der Waals surface area contributed by atoms with Gasteiger partial charge in [0.05, 0.1) is 17.8 Å². The molecule has 0 radical (unpaired) electrons. The van der Waals surface area contributed by atoms with Crippen LogP contribution in [0.1, 0.15) is 61.5 Å². The SMILES string of the molecule is C[C@@H](c1ccccc1)n1cnc(C(O)N[C@H]2CCn3nc(C4CC4)cc3N(C)C2=O)n1. The summed E-state index contributed by atoms with van der Waals surface area (Å²) < 4.78 is 3.61. The molecule has 9 nitrogen and oxygen atoms in total. The number of nitrogens with zero attached hydrogens (tertiary/aromatic N) is 6. The lowest BCUT2D eigenvalue weighted by atomic mass is 10.1. The first kappa shape index (κ1) is 19.9. The van der Waals surface area contributed by atoms with Crippen LogP contribution in [0, 0.1) is 0 Å². The number of hydrogen-bond acceptors (Lipinski definition) is 6. The Balaban J connectivity index is 1.27. The van der Waals surface area contributed by atoms with E-state index in [9.17, 15) is 9.90 Å². The van der Waals surface area contributed by atoms with Crippen LogP contribution in [0.4, 0.5) is 5.82 Å². The van der Waals surface area contributed by atoms with Gasteiger partial charge in [0.2, 0.25) is 5.91 Å². The van der Waals surface area contributed by atoms with E-state index in [1.807, 2.05) is 48.0 Å². The number of fused-ring (bicyclic) bond motifs is 1. The summed E-state index contributed by atoms with van der Waals surface area (Å²) in [5.74, 6) is 1.50. The lowest BCUT2D eigenvalue weighted by Gasteiger charge is -2.22. The summed E-state index contributed by atoms with van der Waals surface area (Å²) in [6.45, 7) is 2.63. The molecule has 1 amide bonds. The van der Waals surface area contributed by atoms with Crippen molar-refractivity contribution in [3.63, 3.8) is 0 Å². The first-order chi connectivity index (χ1) is 15.0. The highest BCUT2D eigenvalue weighted by Crippen LogP contribution is 2.40. The molecule has 3 aromatic rings. The number of anilines is 1. The molecule has 162 valence electrons. The molecule has 0 bridgehead atoms. The fourth-order valence-electron chi connectivity index (χ4n) is 4.07. The highest BCUT2D eigenvalue weighted by Gasteiger charge is 2.34. The molecule has 1 fully saturated rings. The first-order valence-electron chi connectivity index (χ1n) is 10.8. The van der Waals surface area contributed by atoms with Crippen LogP contribution in [0.3, 0.4) is 0 Å². The molecule has 31 heavy (non-hydrogen) atoms. The Morgan fingerprint density at radius 2 is 1.94 bits per heavy atom. The molecule has 1 aliphatic carbocycles. The van der Waals surface area contributed by atoms with Gasteiger partial charge in [0.25, 0.3) is 0 Å². The summed E-state index contributed by atoms with van der Waals surface area (Å²) in [4.78, 5) is 18.9. The second-order valence-electron chi connectivity index (χ2n) is 8.40. The largest absolute Gasteiger partial charge is 0.371 e. The number of aliphatic hydroxyl groups is 1. The minimum absolute atomic E-state index is 0.0158. The van der Waals surface area contributed by atoms with Crippen molar-refractivity contribution in [2.24, 2.45) is 0 Å². The van der Waals surface area contributed by atoms with Gasteiger partial charge in [-0.05, 0) is 31.7 Å². The number of likely N-dealkylation sites (N-methyl/N-ethyl adjacent to an activating group) is 1. The zero-order valence-corrected chi connectivity index (χ0v) is 17.7. The minimum atomic E-state index is -1.14. The van der Waals surface area contributed by atoms with Crippen molar-refractivity contribution in [2.45, 2.75) is 57.0 Å². The molecule has 2 N–H and O–H groups in total. The number of hydrogen-bond donors (Lipinski definition) is 2. The van der Waals surface area contributed by atoms with Gasteiger partial charge in [-0.25, -0.2) is 14.3 Å². The van der Waals surface area contributed by atoms with Gasteiger partial charge in [-0.1, -0.05) is 30.3 Å². The molecule has 3 heterocycles. The van der Waals surface area contributed by atoms with Gasteiger partial charge in [0.15, 0.2) is 12.1 Å². The normalized spacial score (nSPS) is 20.9. The first-order valence-corrected chi connectivity index (χ1v) is 10.8. The summed E-state index contributed by atoms with van der Waals surface area (Å²) in [7, 11) is 1.76. The van der Waals surface area contributed by atoms with Gasteiger partial charge in [0.1, 0.15) is 12.1 Å². The molecule has 2 aromatic heterocycles. The average molecular weight is 422 g/mol. The average Bonchev–Trinajstić information content (AvgIpc) is 3.39. The Hall–Kier alpha value is -3.04. The number of amides is 1. The Morgan fingerprint density at radius 3 is 2.68 bits per heavy atom. The highest BCUT2D eigenvalue weighted by molar-refractivity contribution is 5.96. The maximum atomic E-state index is 13.0. The van der Waals surface area contributed by atoms with Crippen LogP contribution in [-0.2, 0) is 11.3 Å². The third-order valence-electron chi connectivity index (χ3n) is 6.18. The van der Waals surface area contributed by atoms with Gasteiger partial charge in [-0.3, -0.25) is 15.0 Å². The summed E-state index contributed by atoms with van der Waals surface area (Å²) in [6, 6.07) is 11.4. The Bertz CT molecular complexity index is 1070. The zero-order valence-electron chi connectivity index (χ0n) is 17.7. The van der Waals surface area contributed by atoms with Gasteiger partial charge < -0.3 is 5.11 Å². The number of carbonyl (C=O) groups is 1. The molecule has 1 unspecified atom stereocenters. The smallest absolute Gasteiger partial charge is 0.245 e. The Labute approximate surface area is 180 Å². The van der Waals surface area contributed by atoms with E-state index < -0.39 is 12.3 Å². The molecular formula is C22H27N7O2. The van der Waals surface area contributed by atoms with Crippen LogP contribution in [0.25, 0.3) is 0 Å². The second-order valence-corrected chi connectivity index (χ2v) is 8.40. The van der Waals surface area contributed by atoms with Crippen LogP contribution >= 0.6 is 0 Å². The van der Waals surface area contributed by atoms with Crippen molar-refractivity contribution in [1.82, 2.24) is 29.9 Å². The lowest BCUT2D eigenvalue weighted by Crippen LogP contribution is -2.45. The molecule has 2 aliphatic rings. The summed E-state index contributed by atoms with van der Waals surface area (Å²) in [5.41, 5.74) is 2.17. The molecule has 9 heteroatoms. The maximum absolute atomic E-state index is 13.0. The summed E-state index contributed by atoms with van der Waals surface area (Å²) in [5, 5.41) is 22.8. The fourth-order valence-corrected chi connectivity index (χ4v) is 4.07. The van der Waals surface area contributed by atoms with Crippen molar-refractivity contribution < 1.29 is 9.90 Å². The molecule has 0 saturated heterocycles. The van der Waals surface area contributed by atoms with Gasteiger partial charge >= 0.3 is 0 Å². The summed E-state index contributed by atoms with van der Waals surface area (Å²) in [6.07, 6.45) is 3.34. The van der Waals surface area contributed by atoms with E-state index >= 15 is 0 Å². The van der Waals surface area contributed by atoms with Crippen molar-refractivity contribution in [1.29, 1.82) is 0 Å². The Morgan fingerprint density at radius 1 is 1.16 bits per heavy atom. The van der Waals surface area contributed by atoms with E-state index in [4.69, 9.17) is 0 Å². The number of nitrogens with one attached hydrogen (secondary N) is 1. The maximum Gasteiger partial charge on any atom is 0.245 e. The fraction of sp³-hybridized carbons (Fsp3) is 0.455. The monoisotopic (exact) mass is 421 g/mol. The number of aliphatic hydroxyl groups excluding tert-OH is 1. The topological polar surface area (TPSA) is 101 Å². The van der Waals surface area contributed by atoms with Gasteiger partial charge in [-0.15, -0.1) is 0 Å². The minimum Gasteiger partial charge on any atom is -0.371 e. The van der Waals surface area contributed by atoms with Crippen molar-refractivity contribution in [3.05, 3.63) is 59.8 Å². The third kappa shape index (κ3) is 3.86. The Kier molecular flexibility index (Phi) is 5.07. The van der Waals surface area contributed by atoms with Crippen LogP contribution in [0.2, 0.25) is 0 Å². The van der Waals surface area contributed by atoms with E-state index in [0.29, 0.717) is 18.9 Å². The predicted octanol–water partition coefficient (Wildman–Crippen LogP) is 1.98. The molecule has 1 aliphatic heterocycles. The van der Waals surface area contributed by atoms with Crippen LogP contribution in [0.15, 0.2) is 42.7 Å². The van der Waals surface area contributed by atoms with Crippen LogP contribution in [0.5, 0.6) is 0 Å².